The van der Waals surface area contributed by atoms with Crippen molar-refractivity contribution in [2.24, 2.45) is 11.8 Å². The molecule has 2 rings (SSSR count). The Hall–Kier alpha value is -0.0400. The van der Waals surface area contributed by atoms with Gasteiger partial charge in [0.1, 0.15) is 0 Å². The van der Waals surface area contributed by atoms with Crippen LogP contribution >= 0.6 is 0 Å². The fourth-order valence-electron chi connectivity index (χ4n) is 1.09. The van der Waals surface area contributed by atoms with E-state index < -0.39 is 0 Å². The highest BCUT2D eigenvalue weighted by molar-refractivity contribution is 4.89. The van der Waals surface area contributed by atoms with Gasteiger partial charge in [-0.1, -0.05) is 13.8 Å². The van der Waals surface area contributed by atoms with Crippen molar-refractivity contribution in [3.05, 3.63) is 0 Å². The number of hydrogen-bond acceptors (Lipinski definition) is 1. The summed E-state index contributed by atoms with van der Waals surface area (Å²) in [4.78, 5) is 0. The molecule has 1 heteroatoms. The molecular weight excluding hydrogens is 100 g/mol. The summed E-state index contributed by atoms with van der Waals surface area (Å²) in [5, 5.41) is 0. The summed E-state index contributed by atoms with van der Waals surface area (Å²) in [6, 6.07) is 0. The van der Waals surface area contributed by atoms with E-state index in [1.54, 1.807) is 0 Å². The summed E-state index contributed by atoms with van der Waals surface area (Å²) >= 11 is 0. The molecule has 1 saturated heterocycles. The Bertz CT molecular complexity index is 62.8. The second-order valence-corrected chi connectivity index (χ2v) is 2.29. The normalized spacial score (nSPS) is 39.8. The van der Waals surface area contributed by atoms with Crippen molar-refractivity contribution in [2.75, 3.05) is 13.2 Å². The van der Waals surface area contributed by atoms with Gasteiger partial charge in [-0.25, -0.2) is 0 Å². The molecule has 0 aromatic rings. The molecule has 2 atom stereocenters. The molecule has 2 unspecified atom stereocenters. The third-order valence-electron chi connectivity index (χ3n) is 1.73. The summed E-state index contributed by atoms with van der Waals surface area (Å²) in [6.45, 7) is 6.12. The van der Waals surface area contributed by atoms with Crippen LogP contribution in [0.15, 0.2) is 0 Å². The topological polar surface area (TPSA) is 9.23 Å². The Balaban J connectivity index is 0.000000147. The monoisotopic (exact) mass is 114 g/mol. The van der Waals surface area contributed by atoms with Crippen LogP contribution in [0.1, 0.15) is 20.3 Å². The Morgan fingerprint density at radius 3 is 1.75 bits per heavy atom. The van der Waals surface area contributed by atoms with E-state index in [0.717, 1.165) is 25.0 Å². The number of ether oxygens (including phenoxy) is 1. The summed E-state index contributed by atoms with van der Waals surface area (Å²) in [5.74, 6) is 1.98. The third-order valence-corrected chi connectivity index (χ3v) is 1.73. The van der Waals surface area contributed by atoms with Crippen LogP contribution in [0.4, 0.5) is 0 Å². The van der Waals surface area contributed by atoms with E-state index in [2.05, 4.69) is 0 Å². The largest absolute Gasteiger partial charge is 0.381 e. The van der Waals surface area contributed by atoms with Gasteiger partial charge in [0, 0.05) is 13.2 Å². The third kappa shape index (κ3) is 1.03. The molecule has 0 spiro atoms. The Kier molecular flexibility index (Phi) is 1.90. The van der Waals surface area contributed by atoms with Gasteiger partial charge < -0.3 is 4.74 Å². The summed E-state index contributed by atoms with van der Waals surface area (Å²) in [7, 11) is 0. The van der Waals surface area contributed by atoms with Gasteiger partial charge in [-0.05, 0) is 18.3 Å². The Morgan fingerprint density at radius 2 is 1.62 bits per heavy atom. The van der Waals surface area contributed by atoms with Crippen molar-refractivity contribution in [3.63, 3.8) is 0 Å². The SMILES string of the molecule is C1OCC2CC12.CC. The Labute approximate surface area is 51.0 Å². The molecule has 8 heavy (non-hydrogen) atoms. The van der Waals surface area contributed by atoms with Crippen LogP contribution in [0.3, 0.4) is 0 Å². The molecule has 1 nitrogen and oxygen atoms in total. The summed E-state index contributed by atoms with van der Waals surface area (Å²) in [5.41, 5.74) is 0. The van der Waals surface area contributed by atoms with Gasteiger partial charge in [-0.15, -0.1) is 0 Å². The molecular formula is C7H14O. The van der Waals surface area contributed by atoms with Crippen LogP contribution in [-0.2, 0) is 4.74 Å². The highest BCUT2D eigenvalue weighted by Crippen LogP contribution is 2.43. The van der Waals surface area contributed by atoms with Crippen molar-refractivity contribution < 1.29 is 4.74 Å². The predicted octanol–water partition coefficient (Wildman–Crippen LogP) is 1.68. The lowest BCUT2D eigenvalue weighted by Gasteiger charge is -1.87. The lowest BCUT2D eigenvalue weighted by molar-refractivity contribution is 0.165. The standard InChI is InChI=1S/C5H8O.C2H6/c1-4-2-6-3-5(1)4;1-2/h4-5H,1-3H2;1-2H3. The highest BCUT2D eigenvalue weighted by Gasteiger charge is 2.41. The first-order chi connectivity index (χ1) is 3.97. The molecule has 1 saturated carbocycles. The van der Waals surface area contributed by atoms with Crippen LogP contribution in [0.5, 0.6) is 0 Å². The van der Waals surface area contributed by atoms with E-state index in [4.69, 9.17) is 4.74 Å². The molecule has 1 aliphatic heterocycles. The van der Waals surface area contributed by atoms with Crippen molar-refractivity contribution in [2.45, 2.75) is 20.3 Å². The maximum absolute atomic E-state index is 5.11. The van der Waals surface area contributed by atoms with Crippen molar-refractivity contribution in [3.8, 4) is 0 Å². The predicted molar refractivity (Wildman–Crippen MR) is 33.8 cm³/mol. The minimum atomic E-state index is 0.991. The average molecular weight is 114 g/mol. The highest BCUT2D eigenvalue weighted by atomic mass is 16.5. The van der Waals surface area contributed by atoms with Crippen LogP contribution in [0.25, 0.3) is 0 Å². The van der Waals surface area contributed by atoms with Crippen LogP contribution in [-0.4, -0.2) is 13.2 Å². The fraction of sp³-hybridized carbons (Fsp3) is 1.00. The van der Waals surface area contributed by atoms with Crippen molar-refractivity contribution in [1.82, 2.24) is 0 Å². The van der Waals surface area contributed by atoms with Crippen LogP contribution < -0.4 is 0 Å². The molecule has 48 valence electrons. The smallest absolute Gasteiger partial charge is 0.0498 e. The molecule has 0 aromatic heterocycles. The first-order valence-corrected chi connectivity index (χ1v) is 3.54. The maximum Gasteiger partial charge on any atom is 0.0498 e. The number of rotatable bonds is 0. The van der Waals surface area contributed by atoms with Crippen molar-refractivity contribution >= 4 is 0 Å². The van der Waals surface area contributed by atoms with Gasteiger partial charge in [-0.2, -0.15) is 0 Å². The molecule has 2 fully saturated rings. The van der Waals surface area contributed by atoms with Gasteiger partial charge in [-0.3, -0.25) is 0 Å². The second-order valence-electron chi connectivity index (χ2n) is 2.29. The number of hydrogen-bond donors (Lipinski definition) is 0. The van der Waals surface area contributed by atoms with Gasteiger partial charge in [0.05, 0.1) is 0 Å². The van der Waals surface area contributed by atoms with E-state index in [1.165, 1.54) is 6.42 Å². The van der Waals surface area contributed by atoms with Gasteiger partial charge in [0.2, 0.25) is 0 Å². The van der Waals surface area contributed by atoms with Gasteiger partial charge in [0.15, 0.2) is 0 Å². The first-order valence-electron chi connectivity index (χ1n) is 3.54. The van der Waals surface area contributed by atoms with Gasteiger partial charge >= 0.3 is 0 Å². The molecule has 0 N–H and O–H groups in total. The molecule has 0 bridgehead atoms. The second kappa shape index (κ2) is 2.49. The van der Waals surface area contributed by atoms with E-state index in [9.17, 15) is 0 Å². The summed E-state index contributed by atoms with van der Waals surface area (Å²) < 4.78 is 5.11. The van der Waals surface area contributed by atoms with E-state index in [0.29, 0.717) is 0 Å². The average Bonchev–Trinajstić information content (AvgIpc) is 2.46. The van der Waals surface area contributed by atoms with Crippen LogP contribution in [0.2, 0.25) is 0 Å². The lowest BCUT2D eigenvalue weighted by Crippen LogP contribution is -1.86. The van der Waals surface area contributed by atoms with Gasteiger partial charge in [0.25, 0.3) is 0 Å². The molecule has 0 radical (unpaired) electrons. The quantitative estimate of drug-likeness (QED) is 0.465. The molecule has 2 aliphatic rings. The lowest BCUT2D eigenvalue weighted by atomic mass is 10.4. The van der Waals surface area contributed by atoms with E-state index in [-0.39, 0.29) is 0 Å². The van der Waals surface area contributed by atoms with E-state index >= 15 is 0 Å². The number of fused-ring (bicyclic) bond motifs is 1. The zero-order valence-electron chi connectivity index (χ0n) is 5.68. The van der Waals surface area contributed by atoms with Crippen molar-refractivity contribution in [1.29, 1.82) is 0 Å². The first kappa shape index (κ1) is 6.09. The van der Waals surface area contributed by atoms with Crippen LogP contribution in [0, 0.1) is 11.8 Å². The molecule has 1 heterocycles. The minimum absolute atomic E-state index is 0.991. The van der Waals surface area contributed by atoms with E-state index in [1.807, 2.05) is 13.8 Å². The molecule has 0 amide bonds. The maximum atomic E-state index is 5.11. The zero-order valence-corrected chi connectivity index (χ0v) is 5.68. The summed E-state index contributed by atoms with van der Waals surface area (Å²) in [6.07, 6.45) is 1.46. The zero-order chi connectivity index (χ0) is 5.98. The fourth-order valence-corrected chi connectivity index (χ4v) is 1.09. The minimum Gasteiger partial charge on any atom is -0.381 e. The molecule has 1 aliphatic carbocycles. The Morgan fingerprint density at radius 1 is 1.12 bits per heavy atom. The molecule has 0 aromatic carbocycles.